The van der Waals surface area contributed by atoms with Crippen LogP contribution in [0.25, 0.3) is 0 Å². The molecule has 0 N–H and O–H groups in total. The number of hydrogen-bond acceptors (Lipinski definition) is 3. The van der Waals surface area contributed by atoms with Gasteiger partial charge in [0.05, 0.1) is 6.61 Å². The Morgan fingerprint density at radius 2 is 2.11 bits per heavy atom. The molecule has 2 heterocycles. The van der Waals surface area contributed by atoms with Gasteiger partial charge < -0.3 is 9.64 Å². The molecule has 1 aromatic carbocycles. The van der Waals surface area contributed by atoms with Gasteiger partial charge in [-0.2, -0.15) is 0 Å². The van der Waals surface area contributed by atoms with E-state index in [1.54, 1.807) is 0 Å². The molecule has 1 aliphatic heterocycles. The highest BCUT2D eigenvalue weighted by molar-refractivity contribution is 5.62. The van der Waals surface area contributed by atoms with Gasteiger partial charge >= 0.3 is 0 Å². The summed E-state index contributed by atoms with van der Waals surface area (Å²) in [4.78, 5) is 6.53. The molecule has 0 saturated carbocycles. The minimum absolute atomic E-state index is 0.822. The molecule has 0 amide bonds. The van der Waals surface area contributed by atoms with E-state index in [0.717, 1.165) is 36.7 Å². The number of ether oxygens (including phenoxy) is 1. The Morgan fingerprint density at radius 1 is 1.21 bits per heavy atom. The van der Waals surface area contributed by atoms with E-state index in [1.807, 2.05) is 26.2 Å². The van der Waals surface area contributed by atoms with Gasteiger partial charge in [0.15, 0.2) is 0 Å². The molecule has 1 aromatic heterocycles. The van der Waals surface area contributed by atoms with Crippen molar-refractivity contribution in [1.29, 1.82) is 0 Å². The average molecular weight is 254 g/mol. The number of benzene rings is 1. The number of aromatic nitrogens is 1. The lowest BCUT2D eigenvalue weighted by Crippen LogP contribution is -2.13. The maximum Gasteiger partial charge on any atom is 0.132 e. The van der Waals surface area contributed by atoms with Crippen molar-refractivity contribution in [1.82, 2.24) is 4.98 Å². The van der Waals surface area contributed by atoms with Crippen LogP contribution in [0, 0.1) is 6.92 Å². The van der Waals surface area contributed by atoms with Gasteiger partial charge in [-0.1, -0.05) is 12.1 Å². The predicted octanol–water partition coefficient (Wildman–Crippen LogP) is 3.48. The summed E-state index contributed by atoms with van der Waals surface area (Å²) in [5, 5.41) is 0. The van der Waals surface area contributed by atoms with Gasteiger partial charge in [0.2, 0.25) is 0 Å². The van der Waals surface area contributed by atoms with Gasteiger partial charge in [0, 0.05) is 25.0 Å². The Balaban J connectivity index is 1.91. The molecule has 0 radical (unpaired) electrons. The number of pyridine rings is 1. The highest BCUT2D eigenvalue weighted by Gasteiger charge is 2.13. The second kappa shape index (κ2) is 4.92. The summed E-state index contributed by atoms with van der Waals surface area (Å²) in [6, 6.07) is 10.5. The quantitative estimate of drug-likeness (QED) is 0.820. The molecule has 0 fully saturated rings. The van der Waals surface area contributed by atoms with Crippen LogP contribution < -0.4 is 9.64 Å². The Kier molecular flexibility index (Phi) is 3.11. The number of aryl methyl sites for hydroxylation is 2. The lowest BCUT2D eigenvalue weighted by Gasteiger charge is -2.22. The zero-order valence-corrected chi connectivity index (χ0v) is 11.4. The van der Waals surface area contributed by atoms with Crippen molar-refractivity contribution in [3.8, 4) is 5.75 Å². The summed E-state index contributed by atoms with van der Waals surface area (Å²) < 4.78 is 5.72. The van der Waals surface area contributed by atoms with Gasteiger partial charge in [-0.05, 0) is 43.0 Å². The summed E-state index contributed by atoms with van der Waals surface area (Å²) >= 11 is 0. The molecule has 0 atom stereocenters. The molecule has 19 heavy (non-hydrogen) atoms. The zero-order chi connectivity index (χ0) is 13.2. The molecule has 0 saturated heterocycles. The fourth-order valence-corrected chi connectivity index (χ4v) is 2.33. The normalized spacial score (nSPS) is 13.6. The van der Waals surface area contributed by atoms with E-state index in [-0.39, 0.29) is 0 Å². The van der Waals surface area contributed by atoms with Crippen molar-refractivity contribution >= 4 is 11.5 Å². The van der Waals surface area contributed by atoms with Gasteiger partial charge in [-0.3, -0.25) is 0 Å². The third-order valence-corrected chi connectivity index (χ3v) is 3.53. The molecular formula is C16H18N2O. The lowest BCUT2D eigenvalue weighted by atomic mass is 10.1. The summed E-state index contributed by atoms with van der Waals surface area (Å²) in [5.74, 6) is 1.96. The first-order valence-corrected chi connectivity index (χ1v) is 6.66. The van der Waals surface area contributed by atoms with Crippen LogP contribution in [-0.4, -0.2) is 18.6 Å². The van der Waals surface area contributed by atoms with Crippen LogP contribution in [0.4, 0.5) is 11.5 Å². The third-order valence-electron chi connectivity index (χ3n) is 3.53. The predicted molar refractivity (Wildman–Crippen MR) is 77.3 cm³/mol. The summed E-state index contributed by atoms with van der Waals surface area (Å²) in [7, 11) is 2.03. The van der Waals surface area contributed by atoms with E-state index < -0.39 is 0 Å². The summed E-state index contributed by atoms with van der Waals surface area (Å²) in [6.07, 6.45) is 4.12. The molecule has 0 unspecified atom stereocenters. The minimum atomic E-state index is 0.822. The Labute approximate surface area is 113 Å². The molecular weight excluding hydrogens is 236 g/mol. The molecule has 3 heteroatoms. The van der Waals surface area contributed by atoms with E-state index in [2.05, 4.69) is 34.1 Å². The standard InChI is InChI=1S/C16H18N2O/c1-12-5-8-16(17-11-12)18(2)14-7-6-13-4-3-9-19-15(13)10-14/h5-8,10-11H,3-4,9H2,1-2H3. The maximum atomic E-state index is 5.72. The van der Waals surface area contributed by atoms with Crippen LogP contribution in [0.2, 0.25) is 0 Å². The van der Waals surface area contributed by atoms with Crippen LogP contribution in [0.15, 0.2) is 36.5 Å². The minimum Gasteiger partial charge on any atom is -0.493 e. The highest BCUT2D eigenvalue weighted by Crippen LogP contribution is 2.31. The monoisotopic (exact) mass is 254 g/mol. The number of rotatable bonds is 2. The second-order valence-electron chi connectivity index (χ2n) is 5.00. The zero-order valence-electron chi connectivity index (χ0n) is 11.4. The van der Waals surface area contributed by atoms with Crippen molar-refractivity contribution < 1.29 is 4.74 Å². The van der Waals surface area contributed by atoms with E-state index in [4.69, 9.17) is 4.74 Å². The molecule has 3 rings (SSSR count). The first kappa shape index (κ1) is 12.0. The van der Waals surface area contributed by atoms with Crippen LogP contribution in [-0.2, 0) is 6.42 Å². The van der Waals surface area contributed by atoms with Crippen molar-refractivity contribution in [2.45, 2.75) is 19.8 Å². The van der Waals surface area contributed by atoms with Crippen LogP contribution >= 0.6 is 0 Å². The topological polar surface area (TPSA) is 25.4 Å². The van der Waals surface area contributed by atoms with Crippen LogP contribution in [0.3, 0.4) is 0 Å². The van der Waals surface area contributed by atoms with E-state index in [0.29, 0.717) is 0 Å². The Morgan fingerprint density at radius 3 is 2.89 bits per heavy atom. The first-order chi connectivity index (χ1) is 9.24. The SMILES string of the molecule is Cc1ccc(N(C)c2ccc3c(c2)OCCC3)nc1. The average Bonchev–Trinajstić information content (AvgIpc) is 2.47. The Bertz CT molecular complexity index is 578. The number of hydrogen-bond donors (Lipinski definition) is 0. The number of nitrogens with zero attached hydrogens (tertiary/aromatic N) is 2. The fraction of sp³-hybridized carbons (Fsp3) is 0.312. The van der Waals surface area contributed by atoms with Gasteiger partial charge in [-0.15, -0.1) is 0 Å². The lowest BCUT2D eigenvalue weighted by molar-refractivity contribution is 0.288. The van der Waals surface area contributed by atoms with Crippen molar-refractivity contribution in [3.05, 3.63) is 47.7 Å². The van der Waals surface area contributed by atoms with E-state index >= 15 is 0 Å². The van der Waals surface area contributed by atoms with E-state index in [1.165, 1.54) is 11.1 Å². The molecule has 98 valence electrons. The molecule has 0 bridgehead atoms. The molecule has 0 spiro atoms. The van der Waals surface area contributed by atoms with E-state index in [9.17, 15) is 0 Å². The molecule has 2 aromatic rings. The second-order valence-corrected chi connectivity index (χ2v) is 5.00. The molecule has 1 aliphatic rings. The van der Waals surface area contributed by atoms with Crippen molar-refractivity contribution in [2.75, 3.05) is 18.6 Å². The van der Waals surface area contributed by atoms with Crippen LogP contribution in [0.5, 0.6) is 5.75 Å². The summed E-state index contributed by atoms with van der Waals surface area (Å²) in [5.41, 5.74) is 3.59. The first-order valence-electron chi connectivity index (χ1n) is 6.66. The van der Waals surface area contributed by atoms with Gasteiger partial charge in [0.25, 0.3) is 0 Å². The number of fused-ring (bicyclic) bond motifs is 1. The molecule has 0 aliphatic carbocycles. The number of anilines is 2. The highest BCUT2D eigenvalue weighted by atomic mass is 16.5. The third kappa shape index (κ3) is 2.41. The Hall–Kier alpha value is -2.03. The molecule has 3 nitrogen and oxygen atoms in total. The largest absolute Gasteiger partial charge is 0.493 e. The maximum absolute atomic E-state index is 5.72. The van der Waals surface area contributed by atoms with Crippen molar-refractivity contribution in [3.63, 3.8) is 0 Å². The van der Waals surface area contributed by atoms with Gasteiger partial charge in [-0.25, -0.2) is 4.98 Å². The smallest absolute Gasteiger partial charge is 0.132 e. The van der Waals surface area contributed by atoms with Gasteiger partial charge in [0.1, 0.15) is 11.6 Å². The summed E-state index contributed by atoms with van der Waals surface area (Å²) in [6.45, 7) is 2.87. The van der Waals surface area contributed by atoms with Crippen LogP contribution in [0.1, 0.15) is 17.5 Å². The van der Waals surface area contributed by atoms with Crippen molar-refractivity contribution in [2.24, 2.45) is 0 Å². The fourth-order valence-electron chi connectivity index (χ4n) is 2.33.